The summed E-state index contributed by atoms with van der Waals surface area (Å²) in [6.07, 6.45) is 70.0. The SMILES string of the molecule is CC/C=C\C/C=C\C/C=C\C/C=C\C/C=C\C/C=C\C/C=C\CCCCCC(=O)OC(COC(=O)CCCCCCCCCCC/C=C\C/C=C\CCCCCCC)COP(=O)(O)OCC[N+](C)(C)C. The van der Waals surface area contributed by atoms with Crippen LogP contribution < -0.4 is 0 Å². The predicted molar refractivity (Wildman–Crippen MR) is 298 cm³/mol. The molecule has 0 rings (SSSR count). The molecule has 0 aliphatic carbocycles. The van der Waals surface area contributed by atoms with Crippen molar-refractivity contribution in [3.8, 4) is 0 Å². The molecule has 0 aromatic rings. The van der Waals surface area contributed by atoms with Crippen LogP contribution in [0.3, 0.4) is 0 Å². The predicted octanol–water partition coefficient (Wildman–Crippen LogP) is 17.0. The first-order valence-corrected chi connectivity index (χ1v) is 29.1. The van der Waals surface area contributed by atoms with Gasteiger partial charge in [-0.2, -0.15) is 0 Å². The minimum atomic E-state index is -4.40. The molecule has 400 valence electrons. The van der Waals surface area contributed by atoms with Gasteiger partial charge in [0.15, 0.2) is 6.10 Å². The highest BCUT2D eigenvalue weighted by atomic mass is 31.2. The van der Waals surface area contributed by atoms with E-state index in [2.05, 4.69) is 123 Å². The summed E-state index contributed by atoms with van der Waals surface area (Å²) in [6.45, 7) is 4.25. The Bertz CT molecular complexity index is 1550. The Hall–Kier alpha value is -3.33. The number of unbranched alkanes of at least 4 members (excludes halogenated alkanes) is 17. The number of esters is 2. The number of phosphoric acid groups is 1. The van der Waals surface area contributed by atoms with Crippen LogP contribution in [0.4, 0.5) is 0 Å². The third-order valence-corrected chi connectivity index (χ3v) is 12.3. The highest BCUT2D eigenvalue weighted by molar-refractivity contribution is 7.47. The molecule has 0 heterocycles. The van der Waals surface area contributed by atoms with Gasteiger partial charge in [-0.05, 0) is 103 Å². The summed E-state index contributed by atoms with van der Waals surface area (Å²) in [6, 6.07) is 0. The van der Waals surface area contributed by atoms with Crippen LogP contribution in [0.1, 0.15) is 206 Å². The minimum Gasteiger partial charge on any atom is -0.462 e. The first kappa shape index (κ1) is 66.7. The quantitative estimate of drug-likeness (QED) is 0.0211. The first-order chi connectivity index (χ1) is 34.0. The molecular weight excluding hydrogens is 894 g/mol. The maximum absolute atomic E-state index is 12.8. The molecule has 0 spiro atoms. The van der Waals surface area contributed by atoms with Gasteiger partial charge in [-0.1, -0.05) is 200 Å². The van der Waals surface area contributed by atoms with Gasteiger partial charge in [0.2, 0.25) is 0 Å². The molecule has 2 unspecified atom stereocenters. The van der Waals surface area contributed by atoms with Gasteiger partial charge >= 0.3 is 19.8 Å². The van der Waals surface area contributed by atoms with Crippen molar-refractivity contribution < 1.29 is 42.1 Å². The lowest BCUT2D eigenvalue weighted by molar-refractivity contribution is -0.870. The van der Waals surface area contributed by atoms with Crippen LogP contribution in [-0.2, 0) is 32.7 Å². The fourth-order valence-corrected chi connectivity index (χ4v) is 7.77. The standard InChI is InChI=1S/C60H102NO8P/c1-6-8-10-12-14-16-18-20-22-24-26-28-29-30-31-33-35-37-39-41-43-45-47-49-51-53-60(63)69-58(57-68-70(64,65)67-55-54-61(3,4)5)56-66-59(62)52-50-48-46-44-42-40-38-36-34-32-27-25-23-21-19-17-15-13-11-9-7-2/h8,10,14,16,19-22,25-28,30-31,35,37,41,43,58H,6-7,9,11-13,15,17-18,23-24,29,32-34,36,38-40,42,44-57H2,1-5H3/p+1/b10-8-,16-14-,21-19-,22-20-,27-25-,28-26-,31-30-,37-35-,43-41-. The first-order valence-electron chi connectivity index (χ1n) is 27.6. The van der Waals surface area contributed by atoms with Crippen LogP contribution >= 0.6 is 7.82 Å². The molecule has 1 N–H and O–H groups in total. The maximum atomic E-state index is 12.8. The van der Waals surface area contributed by atoms with Gasteiger partial charge < -0.3 is 18.9 Å². The van der Waals surface area contributed by atoms with E-state index in [1.165, 1.54) is 70.6 Å². The third kappa shape index (κ3) is 54.0. The summed E-state index contributed by atoms with van der Waals surface area (Å²) in [5.41, 5.74) is 0. The lowest BCUT2D eigenvalue weighted by Gasteiger charge is -2.24. The van der Waals surface area contributed by atoms with Crippen molar-refractivity contribution in [1.82, 2.24) is 0 Å². The molecule has 0 aromatic carbocycles. The fourth-order valence-electron chi connectivity index (χ4n) is 7.02. The molecule has 0 aromatic heterocycles. The van der Waals surface area contributed by atoms with Crippen molar-refractivity contribution in [2.45, 2.75) is 213 Å². The Balaban J connectivity index is 4.33. The second kappa shape index (κ2) is 50.6. The maximum Gasteiger partial charge on any atom is 0.472 e. The largest absolute Gasteiger partial charge is 0.472 e. The van der Waals surface area contributed by atoms with Crippen molar-refractivity contribution in [2.24, 2.45) is 0 Å². The summed E-state index contributed by atoms with van der Waals surface area (Å²) in [4.78, 5) is 35.6. The van der Waals surface area contributed by atoms with Crippen LogP contribution in [0.5, 0.6) is 0 Å². The van der Waals surface area contributed by atoms with Crippen LogP contribution in [0, 0.1) is 0 Å². The van der Waals surface area contributed by atoms with Gasteiger partial charge in [0.1, 0.15) is 19.8 Å². The second-order valence-electron chi connectivity index (χ2n) is 19.2. The summed E-state index contributed by atoms with van der Waals surface area (Å²) < 4.78 is 34.5. The van der Waals surface area contributed by atoms with E-state index >= 15 is 0 Å². The molecule has 0 saturated heterocycles. The van der Waals surface area contributed by atoms with Crippen molar-refractivity contribution in [2.75, 3.05) is 47.5 Å². The number of carbonyl (C=O) groups is 2. The van der Waals surface area contributed by atoms with E-state index < -0.39 is 26.5 Å². The normalized spacial score (nSPS) is 14.2. The number of allylic oxidation sites excluding steroid dienone is 18. The molecule has 0 saturated carbocycles. The van der Waals surface area contributed by atoms with E-state index in [1.807, 2.05) is 21.1 Å². The summed E-state index contributed by atoms with van der Waals surface area (Å²) in [5, 5.41) is 0. The number of phosphoric ester groups is 1. The molecule has 9 nitrogen and oxygen atoms in total. The fraction of sp³-hybridized carbons (Fsp3) is 0.667. The number of rotatable bonds is 49. The van der Waals surface area contributed by atoms with E-state index in [-0.39, 0.29) is 32.0 Å². The molecule has 70 heavy (non-hydrogen) atoms. The van der Waals surface area contributed by atoms with E-state index in [0.29, 0.717) is 17.4 Å². The van der Waals surface area contributed by atoms with Gasteiger partial charge in [-0.15, -0.1) is 0 Å². The zero-order valence-corrected chi connectivity index (χ0v) is 46.1. The monoisotopic (exact) mass is 997 g/mol. The highest BCUT2D eigenvalue weighted by Crippen LogP contribution is 2.43. The molecule has 0 bridgehead atoms. The van der Waals surface area contributed by atoms with Crippen molar-refractivity contribution in [1.29, 1.82) is 0 Å². The zero-order valence-electron chi connectivity index (χ0n) is 45.2. The second-order valence-corrected chi connectivity index (χ2v) is 20.7. The Kier molecular flexibility index (Phi) is 48.2. The average molecular weight is 997 g/mol. The van der Waals surface area contributed by atoms with Gasteiger partial charge in [0, 0.05) is 12.8 Å². The number of hydrogen-bond donors (Lipinski definition) is 1. The molecule has 0 radical (unpaired) electrons. The van der Waals surface area contributed by atoms with Crippen molar-refractivity contribution in [3.63, 3.8) is 0 Å². The number of ether oxygens (including phenoxy) is 2. The van der Waals surface area contributed by atoms with Crippen LogP contribution in [0.15, 0.2) is 109 Å². The van der Waals surface area contributed by atoms with Gasteiger partial charge in [-0.3, -0.25) is 18.6 Å². The Labute approximate surface area is 429 Å². The molecule has 0 fully saturated rings. The summed E-state index contributed by atoms with van der Waals surface area (Å²) >= 11 is 0. The number of likely N-dealkylation sites (N-methyl/N-ethyl adjacent to an activating group) is 1. The van der Waals surface area contributed by atoms with Gasteiger partial charge in [0.05, 0.1) is 27.7 Å². The lowest BCUT2D eigenvalue weighted by atomic mass is 10.1. The number of nitrogens with zero attached hydrogens (tertiary/aromatic N) is 1. The molecule has 0 aliphatic heterocycles. The summed E-state index contributed by atoms with van der Waals surface area (Å²) in [7, 11) is 1.43. The average Bonchev–Trinajstić information content (AvgIpc) is 3.32. The molecule has 10 heteroatoms. The van der Waals surface area contributed by atoms with Gasteiger partial charge in [-0.25, -0.2) is 4.57 Å². The van der Waals surface area contributed by atoms with E-state index in [4.69, 9.17) is 18.5 Å². The minimum absolute atomic E-state index is 0.0179. The Morgan fingerprint density at radius 2 is 0.814 bits per heavy atom. The number of carbonyl (C=O) groups excluding carboxylic acids is 2. The lowest BCUT2D eigenvalue weighted by Crippen LogP contribution is -2.37. The van der Waals surface area contributed by atoms with Crippen LogP contribution in [0.2, 0.25) is 0 Å². The highest BCUT2D eigenvalue weighted by Gasteiger charge is 2.27. The number of quaternary nitrogens is 1. The topological polar surface area (TPSA) is 108 Å². The van der Waals surface area contributed by atoms with E-state index in [0.717, 1.165) is 103 Å². The molecule has 0 aliphatic rings. The molecule has 0 amide bonds. The van der Waals surface area contributed by atoms with Gasteiger partial charge in [0.25, 0.3) is 0 Å². The smallest absolute Gasteiger partial charge is 0.462 e. The Morgan fingerprint density at radius 1 is 0.457 bits per heavy atom. The zero-order chi connectivity index (χ0) is 51.3. The van der Waals surface area contributed by atoms with E-state index in [9.17, 15) is 19.0 Å². The third-order valence-electron chi connectivity index (χ3n) is 11.3. The van der Waals surface area contributed by atoms with E-state index in [1.54, 1.807) is 0 Å². The van der Waals surface area contributed by atoms with Crippen molar-refractivity contribution in [3.05, 3.63) is 109 Å². The van der Waals surface area contributed by atoms with Crippen LogP contribution in [-0.4, -0.2) is 74.9 Å². The summed E-state index contributed by atoms with van der Waals surface area (Å²) in [5.74, 6) is -0.848. The number of hydrogen-bond acceptors (Lipinski definition) is 7. The molecule has 2 atom stereocenters. The van der Waals surface area contributed by atoms with Crippen LogP contribution in [0.25, 0.3) is 0 Å². The Morgan fingerprint density at radius 3 is 1.23 bits per heavy atom. The molecular formula is C60H103NO8P+. The van der Waals surface area contributed by atoms with Crippen molar-refractivity contribution >= 4 is 19.8 Å².